The highest BCUT2D eigenvalue weighted by molar-refractivity contribution is 6.27. The largest absolute Gasteiger partial charge is 0.473 e. The van der Waals surface area contributed by atoms with Gasteiger partial charge in [-0.2, -0.15) is 0 Å². The summed E-state index contributed by atoms with van der Waals surface area (Å²) in [6.07, 6.45) is 4.64. The van der Waals surface area contributed by atoms with Gasteiger partial charge in [-0.1, -0.05) is 19.8 Å². The first-order valence-corrected chi connectivity index (χ1v) is 8.16. The summed E-state index contributed by atoms with van der Waals surface area (Å²) >= 11 is 0. The number of carboxylic acid groups (broad SMARTS) is 2. The van der Waals surface area contributed by atoms with Gasteiger partial charge in [-0.05, 0) is 32.6 Å². The molecule has 0 fully saturated rings. The summed E-state index contributed by atoms with van der Waals surface area (Å²) in [4.78, 5) is 38.1. The number of rotatable bonds is 7. The molecule has 0 aliphatic rings. The van der Waals surface area contributed by atoms with Gasteiger partial charge in [0.1, 0.15) is 0 Å². The number of unbranched alkanes of at least 4 members (excludes halogenated alkanes) is 2. The van der Waals surface area contributed by atoms with Crippen molar-refractivity contribution in [2.24, 2.45) is 0 Å². The summed E-state index contributed by atoms with van der Waals surface area (Å²) in [6.45, 7) is 3.50. The third-order valence-electron chi connectivity index (χ3n) is 3.10. The van der Waals surface area contributed by atoms with Gasteiger partial charge in [0.25, 0.3) is 0 Å². The molecule has 0 bridgehead atoms. The summed E-state index contributed by atoms with van der Waals surface area (Å²) in [5.74, 6) is -3.11. The van der Waals surface area contributed by atoms with Crippen LogP contribution in [0.3, 0.4) is 0 Å². The van der Waals surface area contributed by atoms with Crippen molar-refractivity contribution in [3.8, 4) is 5.75 Å². The summed E-state index contributed by atoms with van der Waals surface area (Å²) in [7, 11) is 5.67. The topological polar surface area (TPSA) is 120 Å². The number of nitrogens with zero attached hydrogens (tertiary/aromatic N) is 3. The molecule has 1 rings (SSSR count). The van der Waals surface area contributed by atoms with E-state index in [-0.39, 0.29) is 6.09 Å². The van der Waals surface area contributed by atoms with Crippen LogP contribution in [0.15, 0.2) is 18.3 Å². The van der Waals surface area contributed by atoms with Crippen molar-refractivity contribution in [3.05, 3.63) is 24.0 Å². The second kappa shape index (κ2) is 12.6. The monoisotopic (exact) mass is 369 g/mol. The third-order valence-corrected chi connectivity index (χ3v) is 3.10. The van der Waals surface area contributed by atoms with Crippen LogP contribution in [0.4, 0.5) is 4.79 Å². The molecule has 0 unspecified atom stereocenters. The van der Waals surface area contributed by atoms with Crippen LogP contribution >= 0.6 is 0 Å². The predicted molar refractivity (Wildman–Crippen MR) is 95.1 cm³/mol. The van der Waals surface area contributed by atoms with Gasteiger partial charge in [0.15, 0.2) is 5.75 Å². The molecule has 9 nitrogen and oxygen atoms in total. The highest BCUT2D eigenvalue weighted by atomic mass is 16.6. The lowest BCUT2D eigenvalue weighted by atomic mass is 10.2. The maximum Gasteiger partial charge on any atom is 0.415 e. The molecule has 26 heavy (non-hydrogen) atoms. The van der Waals surface area contributed by atoms with E-state index in [2.05, 4.69) is 11.9 Å². The van der Waals surface area contributed by atoms with E-state index in [1.807, 2.05) is 19.0 Å². The Hall–Kier alpha value is -2.68. The summed E-state index contributed by atoms with van der Waals surface area (Å²) in [5.41, 5.74) is 0.771. The van der Waals surface area contributed by atoms with Crippen LogP contribution in [-0.4, -0.2) is 70.7 Å². The molecule has 2 N–H and O–H groups in total. The number of carboxylic acids is 2. The maximum absolute atomic E-state index is 12.0. The summed E-state index contributed by atoms with van der Waals surface area (Å²) in [6, 6.07) is 3.56. The fraction of sp³-hybridized carbons (Fsp3) is 0.529. The Morgan fingerprint density at radius 1 is 1.12 bits per heavy atom. The van der Waals surface area contributed by atoms with Crippen LogP contribution in [-0.2, 0) is 16.1 Å². The van der Waals surface area contributed by atoms with Crippen LogP contribution < -0.4 is 4.74 Å². The quantitative estimate of drug-likeness (QED) is 0.552. The molecule has 9 heteroatoms. The van der Waals surface area contributed by atoms with Gasteiger partial charge in [0, 0.05) is 26.3 Å². The number of ether oxygens (including phenoxy) is 1. The van der Waals surface area contributed by atoms with Gasteiger partial charge < -0.3 is 24.7 Å². The van der Waals surface area contributed by atoms with Crippen molar-refractivity contribution in [3.63, 3.8) is 0 Å². The fourth-order valence-electron chi connectivity index (χ4n) is 1.80. The van der Waals surface area contributed by atoms with E-state index in [0.29, 0.717) is 12.3 Å². The molecule has 0 saturated carbocycles. The minimum atomic E-state index is -1.82. The molecule has 1 aromatic heterocycles. The summed E-state index contributed by atoms with van der Waals surface area (Å²) in [5, 5.41) is 14.8. The lowest BCUT2D eigenvalue weighted by molar-refractivity contribution is -0.159. The van der Waals surface area contributed by atoms with Crippen molar-refractivity contribution >= 4 is 18.0 Å². The molecule has 0 radical (unpaired) electrons. The first kappa shape index (κ1) is 23.3. The van der Waals surface area contributed by atoms with Gasteiger partial charge in [-0.15, -0.1) is 0 Å². The average Bonchev–Trinajstić information content (AvgIpc) is 2.56. The number of hydrogen-bond donors (Lipinski definition) is 2. The minimum absolute atomic E-state index is 0.325. The maximum atomic E-state index is 12.0. The lowest BCUT2D eigenvalue weighted by Gasteiger charge is -2.18. The second-order valence-electron chi connectivity index (χ2n) is 5.79. The van der Waals surface area contributed by atoms with E-state index >= 15 is 0 Å². The Morgan fingerprint density at radius 2 is 1.73 bits per heavy atom. The highest BCUT2D eigenvalue weighted by Crippen LogP contribution is 2.17. The van der Waals surface area contributed by atoms with Crippen molar-refractivity contribution in [2.45, 2.75) is 32.7 Å². The Labute approximate surface area is 153 Å². The predicted octanol–water partition coefficient (Wildman–Crippen LogP) is 1.92. The zero-order valence-corrected chi connectivity index (χ0v) is 15.6. The van der Waals surface area contributed by atoms with E-state index in [9.17, 15) is 4.79 Å². The molecule has 0 aliphatic carbocycles. The van der Waals surface area contributed by atoms with Gasteiger partial charge in [0.05, 0.1) is 5.69 Å². The number of aliphatic carboxylic acids is 2. The Kier molecular flexibility index (Phi) is 11.3. The van der Waals surface area contributed by atoms with Gasteiger partial charge in [-0.25, -0.2) is 14.4 Å². The molecule has 0 atom stereocenters. The molecule has 0 aliphatic heterocycles. The molecular weight excluding hydrogens is 342 g/mol. The first-order valence-electron chi connectivity index (χ1n) is 8.16. The van der Waals surface area contributed by atoms with Gasteiger partial charge in [0.2, 0.25) is 0 Å². The van der Waals surface area contributed by atoms with Crippen LogP contribution in [0, 0.1) is 0 Å². The van der Waals surface area contributed by atoms with Crippen LogP contribution in [0.2, 0.25) is 0 Å². The average molecular weight is 369 g/mol. The van der Waals surface area contributed by atoms with E-state index in [4.69, 9.17) is 24.5 Å². The molecule has 1 amide bonds. The number of carbonyl (C=O) groups excluding carboxylic acids is 1. The highest BCUT2D eigenvalue weighted by Gasteiger charge is 2.14. The van der Waals surface area contributed by atoms with Crippen LogP contribution in [0.25, 0.3) is 0 Å². The fourth-order valence-corrected chi connectivity index (χ4v) is 1.80. The van der Waals surface area contributed by atoms with E-state index in [1.54, 1.807) is 30.3 Å². The standard InChI is InChI=1S/C15H25N3O2.C2H2O4/c1-5-6-7-11-18(4)15(19)20-14-9-8-10-16-13(14)12-17(2)3;3-1(4)2(5)6/h8-10H,5-7,11-12H2,1-4H3;(H,3,4)(H,5,6). The van der Waals surface area contributed by atoms with Crippen molar-refractivity contribution in [2.75, 3.05) is 27.7 Å². The summed E-state index contributed by atoms with van der Waals surface area (Å²) < 4.78 is 5.44. The van der Waals surface area contributed by atoms with Crippen molar-refractivity contribution < 1.29 is 29.3 Å². The number of aromatic nitrogens is 1. The van der Waals surface area contributed by atoms with Crippen molar-refractivity contribution in [1.82, 2.24) is 14.8 Å². The third kappa shape index (κ3) is 10.2. The number of hydrogen-bond acceptors (Lipinski definition) is 6. The van der Waals surface area contributed by atoms with Crippen LogP contribution in [0.5, 0.6) is 5.75 Å². The Bertz CT molecular complexity index is 580. The van der Waals surface area contributed by atoms with Crippen LogP contribution in [0.1, 0.15) is 31.9 Å². The molecule has 0 spiro atoms. The number of carbonyl (C=O) groups is 3. The number of amides is 1. The first-order chi connectivity index (χ1) is 12.2. The van der Waals surface area contributed by atoms with Gasteiger partial charge >= 0.3 is 18.0 Å². The molecule has 0 aromatic carbocycles. The lowest BCUT2D eigenvalue weighted by Crippen LogP contribution is -2.31. The Balaban J connectivity index is 0.000000896. The second-order valence-corrected chi connectivity index (χ2v) is 5.79. The smallest absolute Gasteiger partial charge is 0.415 e. The zero-order chi connectivity index (χ0) is 20.1. The van der Waals surface area contributed by atoms with E-state index in [1.165, 1.54) is 0 Å². The SMILES string of the molecule is CCCCCN(C)C(=O)Oc1cccnc1CN(C)C.O=C(O)C(=O)O. The van der Waals surface area contributed by atoms with Gasteiger partial charge in [-0.3, -0.25) is 4.98 Å². The molecule has 1 aromatic rings. The zero-order valence-electron chi connectivity index (χ0n) is 15.6. The van der Waals surface area contributed by atoms with E-state index < -0.39 is 11.9 Å². The Morgan fingerprint density at radius 3 is 2.23 bits per heavy atom. The van der Waals surface area contributed by atoms with Crippen molar-refractivity contribution in [1.29, 1.82) is 0 Å². The molecule has 146 valence electrons. The van der Waals surface area contributed by atoms with E-state index in [0.717, 1.165) is 31.5 Å². The minimum Gasteiger partial charge on any atom is -0.473 e. The molecule has 0 saturated heterocycles. The number of pyridine rings is 1. The molecular formula is C17H27N3O6. The molecule has 1 heterocycles. The normalized spacial score (nSPS) is 9.88.